The first-order valence-corrected chi connectivity index (χ1v) is 6.26. The van der Waals surface area contributed by atoms with Crippen molar-refractivity contribution in [2.24, 2.45) is 0 Å². The highest BCUT2D eigenvalue weighted by atomic mass is 16.3. The second-order valence-corrected chi connectivity index (χ2v) is 4.69. The summed E-state index contributed by atoms with van der Waals surface area (Å²) in [6.07, 6.45) is 3.85. The molecule has 0 bridgehead atoms. The molecule has 0 aliphatic carbocycles. The van der Waals surface area contributed by atoms with Gasteiger partial charge in [0.1, 0.15) is 5.75 Å². The summed E-state index contributed by atoms with van der Waals surface area (Å²) < 4.78 is 0. The van der Waals surface area contributed by atoms with E-state index in [1.807, 2.05) is 4.90 Å². The molecule has 5 heteroatoms. The molecule has 1 atom stereocenters. The molecule has 1 unspecified atom stereocenters. The number of aromatic hydroxyl groups is 1. The molecule has 1 fully saturated rings. The van der Waals surface area contributed by atoms with Crippen LogP contribution in [-0.2, 0) is 0 Å². The Morgan fingerprint density at radius 3 is 3.00 bits per heavy atom. The standard InChI is InChI=1S/C13H19N3O2/c1-3-10-9-16(7-6-15(10)2)13(18)11-4-5-14-8-12(11)17/h4-5,8,10,17H,3,6-7,9H2,1-2H3. The Hall–Kier alpha value is -1.62. The number of aromatic nitrogens is 1. The number of nitrogens with zero attached hydrogens (tertiary/aromatic N) is 3. The van der Waals surface area contributed by atoms with E-state index in [-0.39, 0.29) is 11.7 Å². The SMILES string of the molecule is CCC1CN(C(=O)c2ccncc2O)CCN1C. The Morgan fingerprint density at radius 2 is 2.33 bits per heavy atom. The van der Waals surface area contributed by atoms with Gasteiger partial charge in [0.2, 0.25) is 0 Å². The fourth-order valence-electron chi connectivity index (χ4n) is 2.31. The van der Waals surface area contributed by atoms with Crippen LogP contribution in [0.3, 0.4) is 0 Å². The summed E-state index contributed by atoms with van der Waals surface area (Å²) in [5.74, 6) is -0.157. The second kappa shape index (κ2) is 5.35. The maximum Gasteiger partial charge on any atom is 0.257 e. The summed E-state index contributed by atoms with van der Waals surface area (Å²) >= 11 is 0. The third-order valence-electron chi connectivity index (χ3n) is 3.57. The first-order valence-electron chi connectivity index (χ1n) is 6.26. The Labute approximate surface area is 107 Å². The molecule has 1 saturated heterocycles. The minimum Gasteiger partial charge on any atom is -0.505 e. The zero-order valence-electron chi connectivity index (χ0n) is 10.8. The quantitative estimate of drug-likeness (QED) is 0.848. The lowest BCUT2D eigenvalue weighted by Crippen LogP contribution is -2.52. The molecule has 1 amide bonds. The van der Waals surface area contributed by atoms with Crippen molar-refractivity contribution in [2.75, 3.05) is 26.7 Å². The van der Waals surface area contributed by atoms with Gasteiger partial charge in [-0.15, -0.1) is 0 Å². The van der Waals surface area contributed by atoms with Crippen LogP contribution in [0, 0.1) is 0 Å². The van der Waals surface area contributed by atoms with E-state index >= 15 is 0 Å². The molecule has 2 rings (SSSR count). The van der Waals surface area contributed by atoms with Gasteiger partial charge in [-0.2, -0.15) is 0 Å². The van der Waals surface area contributed by atoms with Gasteiger partial charge in [0.15, 0.2) is 0 Å². The number of piperazine rings is 1. The number of likely N-dealkylation sites (N-methyl/N-ethyl adjacent to an activating group) is 1. The third-order valence-corrected chi connectivity index (χ3v) is 3.57. The number of hydrogen-bond acceptors (Lipinski definition) is 4. The third kappa shape index (κ3) is 2.46. The molecule has 1 aromatic heterocycles. The highest BCUT2D eigenvalue weighted by Crippen LogP contribution is 2.19. The van der Waals surface area contributed by atoms with Gasteiger partial charge in [0, 0.05) is 31.9 Å². The largest absolute Gasteiger partial charge is 0.505 e. The van der Waals surface area contributed by atoms with Crippen LogP contribution in [0.25, 0.3) is 0 Å². The van der Waals surface area contributed by atoms with Gasteiger partial charge in [-0.25, -0.2) is 0 Å². The van der Waals surface area contributed by atoms with E-state index in [0.717, 1.165) is 13.0 Å². The summed E-state index contributed by atoms with van der Waals surface area (Å²) in [4.78, 5) is 20.2. The summed E-state index contributed by atoms with van der Waals surface area (Å²) in [5, 5.41) is 9.67. The molecule has 0 saturated carbocycles. The highest BCUT2D eigenvalue weighted by molar-refractivity contribution is 5.96. The van der Waals surface area contributed by atoms with Crippen molar-refractivity contribution in [3.05, 3.63) is 24.0 Å². The Balaban J connectivity index is 2.13. The second-order valence-electron chi connectivity index (χ2n) is 4.69. The number of rotatable bonds is 2. The van der Waals surface area contributed by atoms with Crippen LogP contribution in [0.5, 0.6) is 5.75 Å². The maximum absolute atomic E-state index is 12.3. The number of hydrogen-bond donors (Lipinski definition) is 1. The van der Waals surface area contributed by atoms with Gasteiger partial charge in [-0.3, -0.25) is 14.7 Å². The molecule has 0 radical (unpaired) electrons. The lowest BCUT2D eigenvalue weighted by atomic mass is 10.1. The minimum atomic E-state index is -0.110. The fourth-order valence-corrected chi connectivity index (χ4v) is 2.31. The smallest absolute Gasteiger partial charge is 0.257 e. The Kier molecular flexibility index (Phi) is 3.81. The minimum absolute atomic E-state index is 0.0468. The van der Waals surface area contributed by atoms with Crippen molar-refractivity contribution in [1.29, 1.82) is 0 Å². The molecule has 1 aliphatic rings. The summed E-state index contributed by atoms with van der Waals surface area (Å²) in [5.41, 5.74) is 0.337. The number of carbonyl (C=O) groups is 1. The maximum atomic E-state index is 12.3. The first kappa shape index (κ1) is 12.8. The zero-order chi connectivity index (χ0) is 13.1. The molecule has 18 heavy (non-hydrogen) atoms. The molecule has 1 N–H and O–H groups in total. The van der Waals surface area contributed by atoms with E-state index < -0.39 is 0 Å². The Morgan fingerprint density at radius 1 is 1.56 bits per heavy atom. The fraction of sp³-hybridized carbons (Fsp3) is 0.538. The van der Waals surface area contributed by atoms with E-state index in [1.54, 1.807) is 6.07 Å². The zero-order valence-corrected chi connectivity index (χ0v) is 10.8. The molecule has 0 aromatic carbocycles. The topological polar surface area (TPSA) is 56.7 Å². The van der Waals surface area contributed by atoms with Gasteiger partial charge < -0.3 is 10.0 Å². The normalized spacial score (nSPS) is 21.0. The van der Waals surface area contributed by atoms with E-state index in [9.17, 15) is 9.90 Å². The molecule has 1 aromatic rings. The van der Waals surface area contributed by atoms with Gasteiger partial charge in [0.05, 0.1) is 11.8 Å². The average Bonchev–Trinajstić information content (AvgIpc) is 2.39. The molecular formula is C13H19N3O2. The summed E-state index contributed by atoms with van der Waals surface area (Å²) in [6.45, 7) is 4.41. The van der Waals surface area contributed by atoms with E-state index in [2.05, 4.69) is 23.9 Å². The van der Waals surface area contributed by atoms with Crippen molar-refractivity contribution < 1.29 is 9.90 Å². The van der Waals surface area contributed by atoms with Crippen LogP contribution >= 0.6 is 0 Å². The number of carbonyl (C=O) groups excluding carboxylic acids is 1. The summed E-state index contributed by atoms with van der Waals surface area (Å²) in [6, 6.07) is 1.96. The van der Waals surface area contributed by atoms with Crippen molar-refractivity contribution >= 4 is 5.91 Å². The number of pyridine rings is 1. The molecule has 98 valence electrons. The van der Waals surface area contributed by atoms with Crippen LogP contribution in [-0.4, -0.2) is 58.5 Å². The first-order chi connectivity index (χ1) is 8.63. The molecule has 2 heterocycles. The van der Waals surface area contributed by atoms with Crippen LogP contribution in [0.4, 0.5) is 0 Å². The monoisotopic (exact) mass is 249 g/mol. The molecule has 1 aliphatic heterocycles. The molecule has 5 nitrogen and oxygen atoms in total. The predicted molar refractivity (Wildman–Crippen MR) is 68.5 cm³/mol. The van der Waals surface area contributed by atoms with Crippen molar-refractivity contribution in [3.63, 3.8) is 0 Å². The van der Waals surface area contributed by atoms with Gasteiger partial charge in [-0.05, 0) is 19.5 Å². The van der Waals surface area contributed by atoms with E-state index in [4.69, 9.17) is 0 Å². The van der Waals surface area contributed by atoms with E-state index in [0.29, 0.717) is 24.7 Å². The predicted octanol–water partition coefficient (Wildman–Crippen LogP) is 0.953. The van der Waals surface area contributed by atoms with Crippen molar-refractivity contribution in [1.82, 2.24) is 14.8 Å². The van der Waals surface area contributed by atoms with Crippen LogP contribution < -0.4 is 0 Å². The lowest BCUT2D eigenvalue weighted by Gasteiger charge is -2.39. The number of amides is 1. The Bertz CT molecular complexity index is 436. The molecule has 0 spiro atoms. The average molecular weight is 249 g/mol. The van der Waals surface area contributed by atoms with Crippen molar-refractivity contribution in [3.8, 4) is 5.75 Å². The highest BCUT2D eigenvalue weighted by Gasteiger charge is 2.27. The van der Waals surface area contributed by atoms with Crippen LogP contribution in [0.15, 0.2) is 18.5 Å². The van der Waals surface area contributed by atoms with Gasteiger partial charge in [-0.1, -0.05) is 6.92 Å². The van der Waals surface area contributed by atoms with Gasteiger partial charge in [0.25, 0.3) is 5.91 Å². The van der Waals surface area contributed by atoms with Crippen LogP contribution in [0.1, 0.15) is 23.7 Å². The molecular weight excluding hydrogens is 230 g/mol. The summed E-state index contributed by atoms with van der Waals surface area (Å²) in [7, 11) is 2.08. The lowest BCUT2D eigenvalue weighted by molar-refractivity contribution is 0.0539. The van der Waals surface area contributed by atoms with Crippen LogP contribution in [0.2, 0.25) is 0 Å². The van der Waals surface area contributed by atoms with Gasteiger partial charge >= 0.3 is 0 Å². The van der Waals surface area contributed by atoms with Crippen molar-refractivity contribution in [2.45, 2.75) is 19.4 Å². The van der Waals surface area contributed by atoms with E-state index in [1.165, 1.54) is 12.4 Å².